The van der Waals surface area contributed by atoms with Crippen molar-refractivity contribution in [3.05, 3.63) is 70.2 Å². The number of amides is 1. The Kier molecular flexibility index (Phi) is 5.52. The molecule has 1 amide bonds. The number of hydrogen-bond acceptors (Lipinski definition) is 2. The number of nitrogens with zero attached hydrogens (tertiary/aromatic N) is 1. The molecule has 4 heteroatoms. The molecule has 21 heavy (non-hydrogen) atoms. The number of carbonyl (C=O) groups excluding carboxylic acids is 1. The van der Waals surface area contributed by atoms with Crippen LogP contribution in [0, 0.1) is 0 Å². The molecule has 0 bridgehead atoms. The van der Waals surface area contributed by atoms with E-state index >= 15 is 0 Å². The van der Waals surface area contributed by atoms with E-state index in [1.165, 1.54) is 5.56 Å². The van der Waals surface area contributed by atoms with Gasteiger partial charge in [0.2, 0.25) is 5.91 Å². The number of halogens is 1. The maximum Gasteiger partial charge on any atom is 0.244 e. The lowest BCUT2D eigenvalue weighted by Gasteiger charge is -2.02. The Morgan fingerprint density at radius 2 is 1.81 bits per heavy atom. The molecule has 3 nitrogen and oxygen atoms in total. The van der Waals surface area contributed by atoms with E-state index in [2.05, 4.69) is 17.5 Å². The second-order valence-corrected chi connectivity index (χ2v) is 5.07. The molecule has 0 spiro atoms. The van der Waals surface area contributed by atoms with Gasteiger partial charge in [-0.1, -0.05) is 61.0 Å². The van der Waals surface area contributed by atoms with Gasteiger partial charge in [-0.2, -0.15) is 5.10 Å². The number of benzene rings is 2. The lowest BCUT2D eigenvalue weighted by Crippen LogP contribution is -2.19. The quantitative estimate of drug-likeness (QED) is 0.665. The van der Waals surface area contributed by atoms with E-state index in [1.54, 1.807) is 12.3 Å². The number of carbonyl (C=O) groups is 1. The highest BCUT2D eigenvalue weighted by atomic mass is 35.5. The highest BCUT2D eigenvalue weighted by Gasteiger charge is 2.02. The highest BCUT2D eigenvalue weighted by Crippen LogP contribution is 2.12. The molecule has 0 unspecified atom stereocenters. The van der Waals surface area contributed by atoms with Gasteiger partial charge in [-0.15, -0.1) is 0 Å². The molecule has 0 radical (unpaired) electrons. The van der Waals surface area contributed by atoms with E-state index in [1.807, 2.05) is 42.5 Å². The molecular formula is C17H17ClN2O. The first-order valence-corrected chi connectivity index (χ1v) is 7.21. The van der Waals surface area contributed by atoms with Crippen molar-refractivity contribution in [2.75, 3.05) is 0 Å². The van der Waals surface area contributed by atoms with E-state index in [9.17, 15) is 4.79 Å². The summed E-state index contributed by atoms with van der Waals surface area (Å²) in [5.74, 6) is -0.150. The standard InChI is InChI=1S/C17H17ClN2O/c1-2-13-7-9-14(10-8-13)11-17(21)20-19-12-15-5-3-4-6-16(15)18/h3-10,12H,2,11H2,1H3,(H,20,21)/b19-12-. The number of hydrogen-bond donors (Lipinski definition) is 1. The van der Waals surface area contributed by atoms with E-state index in [-0.39, 0.29) is 5.91 Å². The topological polar surface area (TPSA) is 41.5 Å². The Labute approximate surface area is 129 Å². The lowest BCUT2D eigenvalue weighted by molar-refractivity contribution is -0.120. The van der Waals surface area contributed by atoms with Crippen molar-refractivity contribution in [3.8, 4) is 0 Å². The Morgan fingerprint density at radius 1 is 1.14 bits per heavy atom. The molecule has 0 aromatic heterocycles. The summed E-state index contributed by atoms with van der Waals surface area (Å²) in [5, 5.41) is 4.53. The summed E-state index contributed by atoms with van der Waals surface area (Å²) in [6, 6.07) is 15.3. The van der Waals surface area contributed by atoms with Crippen LogP contribution in [0.2, 0.25) is 5.02 Å². The molecule has 2 rings (SSSR count). The monoisotopic (exact) mass is 300 g/mol. The van der Waals surface area contributed by atoms with Crippen molar-refractivity contribution < 1.29 is 4.79 Å². The molecule has 0 atom stereocenters. The Bertz CT molecular complexity index is 635. The van der Waals surface area contributed by atoms with Crippen molar-refractivity contribution in [1.29, 1.82) is 0 Å². The molecule has 108 valence electrons. The van der Waals surface area contributed by atoms with Gasteiger partial charge in [0, 0.05) is 10.6 Å². The van der Waals surface area contributed by atoms with Crippen molar-refractivity contribution in [2.24, 2.45) is 5.10 Å². The van der Waals surface area contributed by atoms with Gasteiger partial charge >= 0.3 is 0 Å². The molecule has 2 aromatic carbocycles. The molecule has 1 N–H and O–H groups in total. The van der Waals surface area contributed by atoms with Crippen LogP contribution >= 0.6 is 11.6 Å². The molecule has 0 aliphatic carbocycles. The van der Waals surface area contributed by atoms with E-state index < -0.39 is 0 Å². The van der Waals surface area contributed by atoms with E-state index in [0.29, 0.717) is 11.4 Å². The van der Waals surface area contributed by atoms with Gasteiger partial charge in [0.1, 0.15) is 0 Å². The number of aryl methyl sites for hydroxylation is 1. The Morgan fingerprint density at radius 3 is 2.48 bits per heavy atom. The minimum absolute atomic E-state index is 0.150. The first-order chi connectivity index (χ1) is 10.2. The largest absolute Gasteiger partial charge is 0.273 e. The van der Waals surface area contributed by atoms with Crippen molar-refractivity contribution in [1.82, 2.24) is 5.43 Å². The average molecular weight is 301 g/mol. The predicted octanol–water partition coefficient (Wildman–Crippen LogP) is 3.60. The number of rotatable bonds is 5. The van der Waals surface area contributed by atoms with Crippen LogP contribution < -0.4 is 5.43 Å². The zero-order valence-corrected chi connectivity index (χ0v) is 12.6. The third-order valence-electron chi connectivity index (χ3n) is 3.09. The molecule has 0 aliphatic heterocycles. The summed E-state index contributed by atoms with van der Waals surface area (Å²) >= 11 is 5.99. The fourth-order valence-corrected chi connectivity index (χ4v) is 2.06. The molecule has 0 saturated carbocycles. The SMILES string of the molecule is CCc1ccc(CC(=O)N/N=C\c2ccccc2Cl)cc1. The maximum absolute atomic E-state index is 11.8. The summed E-state index contributed by atoms with van der Waals surface area (Å²) in [4.78, 5) is 11.8. The van der Waals surface area contributed by atoms with Gasteiger partial charge in [0.05, 0.1) is 12.6 Å². The Hall–Kier alpha value is -2.13. The Balaban J connectivity index is 1.88. The molecule has 2 aromatic rings. The van der Waals surface area contributed by atoms with Crippen LogP contribution in [-0.4, -0.2) is 12.1 Å². The fraction of sp³-hybridized carbons (Fsp3) is 0.176. The zero-order chi connectivity index (χ0) is 15.1. The van der Waals surface area contributed by atoms with Gasteiger partial charge in [-0.05, 0) is 23.6 Å². The van der Waals surface area contributed by atoms with Crippen LogP contribution in [0.15, 0.2) is 53.6 Å². The third-order valence-corrected chi connectivity index (χ3v) is 3.44. The fourth-order valence-electron chi connectivity index (χ4n) is 1.87. The summed E-state index contributed by atoms with van der Waals surface area (Å²) in [6.45, 7) is 2.10. The molecular weight excluding hydrogens is 284 g/mol. The number of nitrogens with one attached hydrogen (secondary N) is 1. The van der Waals surface area contributed by atoms with Gasteiger partial charge < -0.3 is 0 Å². The molecule has 0 fully saturated rings. The highest BCUT2D eigenvalue weighted by molar-refractivity contribution is 6.33. The maximum atomic E-state index is 11.8. The van der Waals surface area contributed by atoms with Crippen LogP contribution in [0.3, 0.4) is 0 Å². The smallest absolute Gasteiger partial charge is 0.244 e. The van der Waals surface area contributed by atoms with Crippen molar-refractivity contribution in [3.63, 3.8) is 0 Å². The van der Waals surface area contributed by atoms with Crippen LogP contribution in [0.4, 0.5) is 0 Å². The summed E-state index contributed by atoms with van der Waals surface area (Å²) in [7, 11) is 0. The van der Waals surface area contributed by atoms with Gasteiger partial charge in [-0.3, -0.25) is 4.79 Å². The average Bonchev–Trinajstić information content (AvgIpc) is 2.50. The van der Waals surface area contributed by atoms with Gasteiger partial charge in [0.15, 0.2) is 0 Å². The van der Waals surface area contributed by atoms with Crippen LogP contribution in [0.5, 0.6) is 0 Å². The van der Waals surface area contributed by atoms with Crippen LogP contribution in [0.25, 0.3) is 0 Å². The predicted molar refractivity (Wildman–Crippen MR) is 86.7 cm³/mol. The number of hydrazone groups is 1. The van der Waals surface area contributed by atoms with Gasteiger partial charge in [-0.25, -0.2) is 5.43 Å². The minimum Gasteiger partial charge on any atom is -0.273 e. The second-order valence-electron chi connectivity index (χ2n) is 4.66. The van der Waals surface area contributed by atoms with E-state index in [0.717, 1.165) is 17.5 Å². The molecule has 0 saturated heterocycles. The van der Waals surface area contributed by atoms with Crippen LogP contribution in [-0.2, 0) is 17.6 Å². The normalized spacial score (nSPS) is 10.8. The first-order valence-electron chi connectivity index (χ1n) is 6.83. The van der Waals surface area contributed by atoms with Crippen molar-refractivity contribution >= 4 is 23.7 Å². The van der Waals surface area contributed by atoms with Crippen molar-refractivity contribution in [2.45, 2.75) is 19.8 Å². The molecule has 0 heterocycles. The molecule has 0 aliphatic rings. The summed E-state index contributed by atoms with van der Waals surface area (Å²) in [6.07, 6.45) is 2.85. The summed E-state index contributed by atoms with van der Waals surface area (Å²) in [5.41, 5.74) is 5.51. The lowest BCUT2D eigenvalue weighted by atomic mass is 10.1. The minimum atomic E-state index is -0.150. The second kappa shape index (κ2) is 7.60. The zero-order valence-electron chi connectivity index (χ0n) is 11.8. The van der Waals surface area contributed by atoms with Gasteiger partial charge in [0.25, 0.3) is 0 Å². The summed E-state index contributed by atoms with van der Waals surface area (Å²) < 4.78 is 0. The van der Waals surface area contributed by atoms with Crippen LogP contribution in [0.1, 0.15) is 23.6 Å². The first kappa shape index (κ1) is 15.3. The van der Waals surface area contributed by atoms with E-state index in [4.69, 9.17) is 11.6 Å². The third kappa shape index (κ3) is 4.72.